The summed E-state index contributed by atoms with van der Waals surface area (Å²) in [6.45, 7) is 6.93. The Morgan fingerprint density at radius 2 is 1.84 bits per heavy atom. The van der Waals surface area contributed by atoms with Crippen molar-refractivity contribution in [1.29, 1.82) is 0 Å². The molecule has 0 aromatic carbocycles. The fraction of sp³-hybridized carbons (Fsp3) is 1.00. The summed E-state index contributed by atoms with van der Waals surface area (Å²) in [5, 5.41) is 3.61. The molecule has 2 aliphatic carbocycles. The highest BCUT2D eigenvalue weighted by Gasteiger charge is 2.43. The average molecular weight is 267 g/mol. The molecule has 1 N–H and O–H groups in total. The van der Waals surface area contributed by atoms with E-state index in [2.05, 4.69) is 50.1 Å². The second-order valence-electron chi connectivity index (χ2n) is 7.36. The van der Waals surface area contributed by atoms with Gasteiger partial charge in [0.1, 0.15) is 0 Å². The van der Waals surface area contributed by atoms with E-state index in [1.165, 1.54) is 45.2 Å². The van der Waals surface area contributed by atoms with Gasteiger partial charge in [-0.3, -0.25) is 0 Å². The molecular weight excluding hydrogens is 234 g/mol. The van der Waals surface area contributed by atoms with Crippen molar-refractivity contribution >= 4 is 0 Å². The van der Waals surface area contributed by atoms with Crippen LogP contribution in [0.3, 0.4) is 0 Å². The highest BCUT2D eigenvalue weighted by Crippen LogP contribution is 2.39. The van der Waals surface area contributed by atoms with Crippen LogP contribution in [0.5, 0.6) is 0 Å². The van der Waals surface area contributed by atoms with Crippen molar-refractivity contribution in [2.75, 3.05) is 34.2 Å². The van der Waals surface area contributed by atoms with Gasteiger partial charge >= 0.3 is 0 Å². The highest BCUT2D eigenvalue weighted by atomic mass is 15.2. The molecule has 0 amide bonds. The van der Waals surface area contributed by atoms with E-state index < -0.39 is 0 Å². The summed E-state index contributed by atoms with van der Waals surface area (Å²) < 4.78 is 0. The third-order valence-corrected chi connectivity index (χ3v) is 5.51. The lowest BCUT2D eigenvalue weighted by Crippen LogP contribution is -2.60. The molecule has 0 radical (unpaired) electrons. The van der Waals surface area contributed by atoms with E-state index in [1.807, 2.05) is 0 Å². The Morgan fingerprint density at radius 1 is 1.16 bits per heavy atom. The van der Waals surface area contributed by atoms with Gasteiger partial charge < -0.3 is 15.1 Å². The van der Waals surface area contributed by atoms with E-state index in [0.717, 1.165) is 12.0 Å². The topological polar surface area (TPSA) is 18.5 Å². The normalized spacial score (nSPS) is 29.7. The first kappa shape index (κ1) is 15.3. The number of likely N-dealkylation sites (N-methyl/N-ethyl adjacent to an activating group) is 2. The Bertz CT molecular complexity index is 284. The van der Waals surface area contributed by atoms with Gasteiger partial charge in [0.15, 0.2) is 0 Å². The molecule has 3 nitrogen and oxygen atoms in total. The second kappa shape index (κ2) is 6.11. The molecule has 0 saturated heterocycles. The van der Waals surface area contributed by atoms with Crippen molar-refractivity contribution in [2.45, 2.75) is 63.6 Å². The second-order valence-corrected chi connectivity index (χ2v) is 7.36. The fourth-order valence-corrected chi connectivity index (χ4v) is 3.67. The zero-order valence-electron chi connectivity index (χ0n) is 13.6. The maximum absolute atomic E-state index is 3.61. The third-order valence-electron chi connectivity index (χ3n) is 5.51. The summed E-state index contributed by atoms with van der Waals surface area (Å²) in [6, 6.07) is 1.43. The molecule has 2 saturated carbocycles. The first-order chi connectivity index (χ1) is 8.94. The van der Waals surface area contributed by atoms with Crippen molar-refractivity contribution in [3.63, 3.8) is 0 Å². The van der Waals surface area contributed by atoms with Gasteiger partial charge in [-0.15, -0.1) is 0 Å². The predicted octanol–water partition coefficient (Wildman–Crippen LogP) is 2.18. The van der Waals surface area contributed by atoms with Crippen LogP contribution in [0.2, 0.25) is 0 Å². The summed E-state index contributed by atoms with van der Waals surface area (Å²) in [4.78, 5) is 5.11. The van der Waals surface area contributed by atoms with Crippen LogP contribution in [0, 0.1) is 5.92 Å². The molecule has 19 heavy (non-hydrogen) atoms. The number of nitrogens with zero attached hydrogens (tertiary/aromatic N) is 2. The van der Waals surface area contributed by atoms with E-state index >= 15 is 0 Å². The standard InChI is InChI=1S/C16H33N3/c1-13(2)17-11-14-7-8-15(14)19(5)12-16(18(3)4)9-6-10-16/h13-15,17H,6-12H2,1-5H3. The molecule has 112 valence electrons. The Kier molecular flexibility index (Phi) is 4.91. The van der Waals surface area contributed by atoms with Gasteiger partial charge in [0.25, 0.3) is 0 Å². The molecule has 2 fully saturated rings. The van der Waals surface area contributed by atoms with Gasteiger partial charge in [-0.1, -0.05) is 13.8 Å². The van der Waals surface area contributed by atoms with Gasteiger partial charge in [0.05, 0.1) is 0 Å². The number of nitrogens with one attached hydrogen (secondary N) is 1. The smallest absolute Gasteiger partial charge is 0.0330 e. The molecule has 0 heterocycles. The Hall–Kier alpha value is -0.120. The van der Waals surface area contributed by atoms with Crippen molar-refractivity contribution in [1.82, 2.24) is 15.1 Å². The molecule has 0 aromatic rings. The van der Waals surface area contributed by atoms with Gasteiger partial charge in [-0.2, -0.15) is 0 Å². The molecule has 0 spiro atoms. The van der Waals surface area contributed by atoms with E-state index in [-0.39, 0.29) is 0 Å². The van der Waals surface area contributed by atoms with E-state index in [9.17, 15) is 0 Å². The summed E-state index contributed by atoms with van der Waals surface area (Å²) in [7, 11) is 6.85. The van der Waals surface area contributed by atoms with Crippen LogP contribution in [0.25, 0.3) is 0 Å². The SMILES string of the molecule is CC(C)NCC1CCC1N(C)CC1(N(C)C)CCC1. The number of hydrogen-bond donors (Lipinski definition) is 1. The van der Waals surface area contributed by atoms with Crippen LogP contribution in [0.4, 0.5) is 0 Å². The summed E-state index contributed by atoms with van der Waals surface area (Å²) >= 11 is 0. The molecule has 0 aliphatic heterocycles. The first-order valence-electron chi connectivity index (χ1n) is 8.06. The molecule has 2 rings (SSSR count). The van der Waals surface area contributed by atoms with Gasteiger partial charge in [-0.25, -0.2) is 0 Å². The molecule has 2 atom stereocenters. The lowest BCUT2D eigenvalue weighted by molar-refractivity contribution is -0.0128. The minimum absolute atomic E-state index is 0.473. The van der Waals surface area contributed by atoms with Crippen LogP contribution in [-0.2, 0) is 0 Å². The van der Waals surface area contributed by atoms with Crippen LogP contribution in [-0.4, -0.2) is 61.7 Å². The fourth-order valence-electron chi connectivity index (χ4n) is 3.67. The summed E-state index contributed by atoms with van der Waals surface area (Å²) in [5.41, 5.74) is 0.473. The third kappa shape index (κ3) is 3.32. The van der Waals surface area contributed by atoms with Crippen molar-refractivity contribution in [2.24, 2.45) is 5.92 Å². The Morgan fingerprint density at radius 3 is 2.21 bits per heavy atom. The van der Waals surface area contributed by atoms with E-state index in [1.54, 1.807) is 0 Å². The zero-order valence-corrected chi connectivity index (χ0v) is 13.6. The van der Waals surface area contributed by atoms with Crippen molar-refractivity contribution in [3.05, 3.63) is 0 Å². The molecule has 0 bridgehead atoms. The Balaban J connectivity index is 1.81. The quantitative estimate of drug-likeness (QED) is 0.763. The molecule has 0 aromatic heterocycles. The maximum atomic E-state index is 3.61. The van der Waals surface area contributed by atoms with Gasteiger partial charge in [0, 0.05) is 24.2 Å². The lowest BCUT2D eigenvalue weighted by atomic mass is 9.73. The summed E-state index contributed by atoms with van der Waals surface area (Å²) in [6.07, 6.45) is 6.97. The maximum Gasteiger partial charge on any atom is 0.0330 e. The van der Waals surface area contributed by atoms with Crippen LogP contribution in [0.1, 0.15) is 46.0 Å². The lowest BCUT2D eigenvalue weighted by Gasteiger charge is -2.53. The molecule has 2 aliphatic rings. The Labute approximate surface area is 119 Å². The zero-order chi connectivity index (χ0) is 14.0. The molecule has 3 heteroatoms. The van der Waals surface area contributed by atoms with E-state index in [4.69, 9.17) is 0 Å². The minimum atomic E-state index is 0.473. The van der Waals surface area contributed by atoms with Crippen LogP contribution < -0.4 is 5.32 Å². The predicted molar refractivity (Wildman–Crippen MR) is 82.5 cm³/mol. The highest BCUT2D eigenvalue weighted by molar-refractivity contribution is 5.00. The number of rotatable bonds is 7. The first-order valence-corrected chi connectivity index (χ1v) is 8.06. The largest absolute Gasteiger partial charge is 0.314 e. The molecular formula is C16H33N3. The average Bonchev–Trinajstić information content (AvgIpc) is 2.20. The van der Waals surface area contributed by atoms with Gasteiger partial charge in [0.2, 0.25) is 0 Å². The van der Waals surface area contributed by atoms with Crippen LogP contribution in [0.15, 0.2) is 0 Å². The van der Waals surface area contributed by atoms with Crippen molar-refractivity contribution < 1.29 is 0 Å². The monoisotopic (exact) mass is 267 g/mol. The summed E-state index contributed by atoms with van der Waals surface area (Å²) in [5.74, 6) is 0.867. The number of hydrogen-bond acceptors (Lipinski definition) is 3. The minimum Gasteiger partial charge on any atom is -0.314 e. The molecule has 2 unspecified atom stereocenters. The van der Waals surface area contributed by atoms with E-state index in [0.29, 0.717) is 11.6 Å². The van der Waals surface area contributed by atoms with Crippen molar-refractivity contribution in [3.8, 4) is 0 Å². The van der Waals surface area contributed by atoms with Gasteiger partial charge in [-0.05, 0) is 65.7 Å². The van der Waals surface area contributed by atoms with Crippen LogP contribution >= 0.6 is 0 Å².